The van der Waals surface area contributed by atoms with Crippen molar-refractivity contribution in [2.24, 2.45) is 0 Å². The predicted molar refractivity (Wildman–Crippen MR) is 56.6 cm³/mol. The number of hydrogen-bond acceptors (Lipinski definition) is 1. The van der Waals surface area contributed by atoms with Crippen LogP contribution in [-0.4, -0.2) is 7.11 Å². The zero-order valence-corrected chi connectivity index (χ0v) is 8.50. The van der Waals surface area contributed by atoms with Crippen molar-refractivity contribution in [2.75, 3.05) is 7.11 Å². The summed E-state index contributed by atoms with van der Waals surface area (Å²) in [5, 5.41) is 0. The molecular formula is C12H16O. The molecule has 1 aromatic rings. The molecule has 0 unspecified atom stereocenters. The molecule has 0 amide bonds. The van der Waals surface area contributed by atoms with Gasteiger partial charge in [0.15, 0.2) is 0 Å². The molecule has 1 aromatic carbocycles. The SMILES string of the molecule is C=Cc1ccc(C(C)(C)OC)cc1. The van der Waals surface area contributed by atoms with Crippen LogP contribution in [-0.2, 0) is 10.3 Å². The van der Waals surface area contributed by atoms with Gasteiger partial charge in [-0.25, -0.2) is 0 Å². The van der Waals surface area contributed by atoms with Gasteiger partial charge in [-0.1, -0.05) is 36.9 Å². The number of hydrogen-bond donors (Lipinski definition) is 0. The van der Waals surface area contributed by atoms with E-state index in [2.05, 4.69) is 32.6 Å². The second kappa shape index (κ2) is 3.75. The van der Waals surface area contributed by atoms with E-state index >= 15 is 0 Å². The highest BCUT2D eigenvalue weighted by Gasteiger charge is 2.18. The van der Waals surface area contributed by atoms with Gasteiger partial charge >= 0.3 is 0 Å². The van der Waals surface area contributed by atoms with E-state index in [1.54, 1.807) is 7.11 Å². The Bertz CT molecular complexity index is 282. The molecule has 13 heavy (non-hydrogen) atoms. The van der Waals surface area contributed by atoms with Crippen LogP contribution in [0.1, 0.15) is 25.0 Å². The smallest absolute Gasteiger partial charge is 0.0871 e. The van der Waals surface area contributed by atoms with Crippen LogP contribution < -0.4 is 0 Å². The lowest BCUT2D eigenvalue weighted by Crippen LogP contribution is -2.19. The Hall–Kier alpha value is -1.08. The first-order valence-electron chi connectivity index (χ1n) is 4.38. The summed E-state index contributed by atoms with van der Waals surface area (Å²) in [6, 6.07) is 8.23. The third kappa shape index (κ3) is 2.19. The Morgan fingerprint density at radius 2 is 1.77 bits per heavy atom. The van der Waals surface area contributed by atoms with Gasteiger partial charge in [0.05, 0.1) is 5.60 Å². The highest BCUT2D eigenvalue weighted by Crippen LogP contribution is 2.23. The number of benzene rings is 1. The van der Waals surface area contributed by atoms with Gasteiger partial charge in [0.2, 0.25) is 0 Å². The van der Waals surface area contributed by atoms with Gasteiger partial charge in [0.25, 0.3) is 0 Å². The normalized spacial score (nSPS) is 11.3. The first-order valence-corrected chi connectivity index (χ1v) is 4.38. The van der Waals surface area contributed by atoms with Gasteiger partial charge in [0.1, 0.15) is 0 Å². The summed E-state index contributed by atoms with van der Waals surface area (Å²) in [5.74, 6) is 0. The zero-order valence-electron chi connectivity index (χ0n) is 8.50. The van der Waals surface area contributed by atoms with Crippen LogP contribution in [0.25, 0.3) is 6.08 Å². The van der Waals surface area contributed by atoms with E-state index in [0.29, 0.717) is 0 Å². The van der Waals surface area contributed by atoms with E-state index in [-0.39, 0.29) is 5.60 Å². The summed E-state index contributed by atoms with van der Waals surface area (Å²) in [4.78, 5) is 0. The minimum absolute atomic E-state index is 0.209. The van der Waals surface area contributed by atoms with Gasteiger partial charge in [-0.2, -0.15) is 0 Å². The molecule has 1 heteroatoms. The van der Waals surface area contributed by atoms with E-state index in [0.717, 1.165) is 5.56 Å². The molecule has 0 aromatic heterocycles. The summed E-state index contributed by atoms with van der Waals surface area (Å²) >= 11 is 0. The summed E-state index contributed by atoms with van der Waals surface area (Å²) in [7, 11) is 1.72. The van der Waals surface area contributed by atoms with Crippen molar-refractivity contribution >= 4 is 6.08 Å². The van der Waals surface area contributed by atoms with Crippen molar-refractivity contribution in [3.05, 3.63) is 42.0 Å². The lowest BCUT2D eigenvalue weighted by Gasteiger charge is -2.23. The Morgan fingerprint density at radius 1 is 1.23 bits per heavy atom. The van der Waals surface area contributed by atoms with Crippen LogP contribution in [0.5, 0.6) is 0 Å². The van der Waals surface area contributed by atoms with Crippen LogP contribution in [0.15, 0.2) is 30.8 Å². The number of methoxy groups -OCH3 is 1. The lowest BCUT2D eigenvalue weighted by atomic mass is 9.97. The molecule has 1 nitrogen and oxygen atoms in total. The van der Waals surface area contributed by atoms with Gasteiger partial charge in [0, 0.05) is 7.11 Å². The summed E-state index contributed by atoms with van der Waals surface area (Å²) in [6.45, 7) is 7.81. The van der Waals surface area contributed by atoms with E-state index in [1.165, 1.54) is 5.56 Å². The molecule has 0 fully saturated rings. The minimum Gasteiger partial charge on any atom is -0.374 e. The number of rotatable bonds is 3. The second-order valence-electron chi connectivity index (χ2n) is 3.54. The van der Waals surface area contributed by atoms with Gasteiger partial charge in [-0.3, -0.25) is 0 Å². The largest absolute Gasteiger partial charge is 0.374 e. The average Bonchev–Trinajstić information content (AvgIpc) is 2.18. The topological polar surface area (TPSA) is 9.23 Å². The Balaban J connectivity index is 2.98. The second-order valence-corrected chi connectivity index (χ2v) is 3.54. The fourth-order valence-electron chi connectivity index (χ4n) is 1.14. The molecule has 0 atom stereocenters. The summed E-state index contributed by atoms with van der Waals surface area (Å²) in [6.07, 6.45) is 1.84. The third-order valence-electron chi connectivity index (χ3n) is 2.35. The molecular weight excluding hydrogens is 160 g/mol. The van der Waals surface area contributed by atoms with Gasteiger partial charge < -0.3 is 4.74 Å². The van der Waals surface area contributed by atoms with Crippen LogP contribution in [0.4, 0.5) is 0 Å². The first-order chi connectivity index (χ1) is 6.10. The van der Waals surface area contributed by atoms with E-state index in [9.17, 15) is 0 Å². The molecule has 0 saturated heterocycles. The van der Waals surface area contributed by atoms with Crippen LogP contribution >= 0.6 is 0 Å². The summed E-state index contributed by atoms with van der Waals surface area (Å²) < 4.78 is 5.37. The molecule has 0 heterocycles. The van der Waals surface area contributed by atoms with Crippen molar-refractivity contribution < 1.29 is 4.74 Å². The average molecular weight is 176 g/mol. The van der Waals surface area contributed by atoms with E-state index < -0.39 is 0 Å². The van der Waals surface area contributed by atoms with Crippen molar-refractivity contribution in [1.82, 2.24) is 0 Å². The van der Waals surface area contributed by atoms with Gasteiger partial charge in [-0.15, -0.1) is 0 Å². The minimum atomic E-state index is -0.209. The fraction of sp³-hybridized carbons (Fsp3) is 0.333. The maximum absolute atomic E-state index is 5.37. The molecule has 0 spiro atoms. The molecule has 0 aliphatic carbocycles. The van der Waals surface area contributed by atoms with Crippen molar-refractivity contribution in [3.63, 3.8) is 0 Å². The molecule has 0 saturated carbocycles. The highest BCUT2D eigenvalue weighted by atomic mass is 16.5. The lowest BCUT2D eigenvalue weighted by molar-refractivity contribution is 0.0192. The monoisotopic (exact) mass is 176 g/mol. The quantitative estimate of drug-likeness (QED) is 0.687. The van der Waals surface area contributed by atoms with Crippen molar-refractivity contribution in [1.29, 1.82) is 0 Å². The van der Waals surface area contributed by atoms with Crippen molar-refractivity contribution in [2.45, 2.75) is 19.4 Å². The van der Waals surface area contributed by atoms with Crippen molar-refractivity contribution in [3.8, 4) is 0 Å². The fourth-order valence-corrected chi connectivity index (χ4v) is 1.14. The van der Waals surface area contributed by atoms with E-state index in [1.807, 2.05) is 18.2 Å². The molecule has 0 bridgehead atoms. The predicted octanol–water partition coefficient (Wildman–Crippen LogP) is 3.21. The Morgan fingerprint density at radius 3 is 2.15 bits per heavy atom. The molecule has 0 radical (unpaired) electrons. The molecule has 0 aliphatic rings. The molecule has 0 aliphatic heterocycles. The maximum Gasteiger partial charge on any atom is 0.0871 e. The maximum atomic E-state index is 5.37. The molecule has 0 N–H and O–H groups in total. The zero-order chi connectivity index (χ0) is 9.90. The van der Waals surface area contributed by atoms with Crippen LogP contribution in [0.2, 0.25) is 0 Å². The standard InChI is InChI=1S/C12H16O/c1-5-10-6-8-11(9-7-10)12(2,3)13-4/h5-9H,1H2,2-4H3. The van der Waals surface area contributed by atoms with Crippen LogP contribution in [0, 0.1) is 0 Å². The number of ether oxygens (including phenoxy) is 1. The Kier molecular flexibility index (Phi) is 2.89. The molecule has 1 rings (SSSR count). The van der Waals surface area contributed by atoms with E-state index in [4.69, 9.17) is 4.74 Å². The summed E-state index contributed by atoms with van der Waals surface area (Å²) in [5.41, 5.74) is 2.11. The van der Waals surface area contributed by atoms with Crippen LogP contribution in [0.3, 0.4) is 0 Å². The first kappa shape index (κ1) is 10.0. The highest BCUT2D eigenvalue weighted by molar-refractivity contribution is 5.47. The third-order valence-corrected chi connectivity index (χ3v) is 2.35. The molecule has 70 valence electrons. The Labute approximate surface area is 80.0 Å². The van der Waals surface area contributed by atoms with Gasteiger partial charge in [-0.05, 0) is 25.0 Å².